The molecule has 1 saturated heterocycles. The largest absolute Gasteiger partial charge is 0.384 e. The van der Waals surface area contributed by atoms with Crippen LogP contribution in [-0.4, -0.2) is 50.1 Å². The fraction of sp³-hybridized carbons (Fsp3) is 0.409. The van der Waals surface area contributed by atoms with E-state index in [1.54, 1.807) is 36.5 Å². The van der Waals surface area contributed by atoms with Crippen LogP contribution in [0.5, 0.6) is 0 Å². The highest BCUT2D eigenvalue weighted by molar-refractivity contribution is 6.07. The number of methoxy groups -OCH3 is 1. The Labute approximate surface area is 194 Å². The summed E-state index contributed by atoms with van der Waals surface area (Å²) in [6.07, 6.45) is 5.51. The summed E-state index contributed by atoms with van der Waals surface area (Å²) in [5, 5.41) is 6.38. The van der Waals surface area contributed by atoms with Crippen LogP contribution < -0.4 is 15.5 Å². The fourth-order valence-electron chi connectivity index (χ4n) is 4.22. The molecule has 7 nitrogen and oxygen atoms in total. The van der Waals surface area contributed by atoms with Crippen molar-refractivity contribution in [3.8, 4) is 0 Å². The molecule has 0 saturated carbocycles. The van der Waals surface area contributed by atoms with Gasteiger partial charge in [0.15, 0.2) is 0 Å². The molecule has 1 aromatic carbocycles. The lowest BCUT2D eigenvalue weighted by Gasteiger charge is -2.35. The second-order valence-electron chi connectivity index (χ2n) is 7.71. The van der Waals surface area contributed by atoms with Crippen LogP contribution in [0.15, 0.2) is 42.7 Å². The molecule has 0 spiro atoms. The molecule has 31 heavy (non-hydrogen) atoms. The van der Waals surface area contributed by atoms with Crippen LogP contribution in [0.3, 0.4) is 0 Å². The molecule has 0 unspecified atom stereocenters. The maximum Gasteiger partial charge on any atom is 0.259 e. The van der Waals surface area contributed by atoms with Gasteiger partial charge in [-0.3, -0.25) is 14.6 Å². The monoisotopic (exact) mass is 466 g/mol. The molecule has 0 atom stereocenters. The Morgan fingerprint density at radius 3 is 2.68 bits per heavy atom. The zero-order valence-electron chi connectivity index (χ0n) is 17.4. The Hall–Kier alpha value is -2.19. The highest BCUT2D eigenvalue weighted by Gasteiger charge is 2.39. The van der Waals surface area contributed by atoms with Crippen molar-refractivity contribution in [1.29, 1.82) is 0 Å². The van der Waals surface area contributed by atoms with Crippen molar-refractivity contribution in [1.82, 2.24) is 10.3 Å². The van der Waals surface area contributed by atoms with Gasteiger partial charge >= 0.3 is 0 Å². The van der Waals surface area contributed by atoms with Crippen molar-refractivity contribution >= 4 is 48.0 Å². The fourth-order valence-corrected chi connectivity index (χ4v) is 4.22. The predicted molar refractivity (Wildman–Crippen MR) is 126 cm³/mol. The van der Waals surface area contributed by atoms with Crippen LogP contribution in [0.25, 0.3) is 0 Å². The van der Waals surface area contributed by atoms with Crippen molar-refractivity contribution in [3.05, 3.63) is 53.9 Å². The van der Waals surface area contributed by atoms with E-state index >= 15 is 0 Å². The van der Waals surface area contributed by atoms with Crippen LogP contribution >= 0.6 is 24.8 Å². The van der Waals surface area contributed by atoms with E-state index in [9.17, 15) is 9.59 Å². The number of aromatic nitrogens is 1. The molecule has 4 rings (SSSR count). The van der Waals surface area contributed by atoms with Gasteiger partial charge in [0.2, 0.25) is 5.91 Å². The van der Waals surface area contributed by atoms with E-state index in [0.717, 1.165) is 49.3 Å². The number of hydrogen-bond donors (Lipinski definition) is 2. The lowest BCUT2D eigenvalue weighted by atomic mass is 9.78. The van der Waals surface area contributed by atoms with E-state index in [-0.39, 0.29) is 36.6 Å². The highest BCUT2D eigenvalue weighted by Crippen LogP contribution is 2.34. The quantitative estimate of drug-likeness (QED) is 0.707. The summed E-state index contributed by atoms with van der Waals surface area (Å²) in [6.45, 7) is 2.66. The third-order valence-corrected chi connectivity index (χ3v) is 5.85. The average molecular weight is 467 g/mol. The molecular formula is C22H28Cl2N4O3. The molecular weight excluding hydrogens is 439 g/mol. The lowest BCUT2D eigenvalue weighted by molar-refractivity contribution is -0.130. The lowest BCUT2D eigenvalue weighted by Crippen LogP contribution is -2.47. The van der Waals surface area contributed by atoms with Crippen LogP contribution in [0.1, 0.15) is 28.8 Å². The summed E-state index contributed by atoms with van der Waals surface area (Å²) in [5.41, 5.74) is 2.79. The number of carbonyl (C=O) groups excluding carboxylic acids is 2. The van der Waals surface area contributed by atoms with Gasteiger partial charge in [0.05, 0.1) is 17.6 Å². The third kappa shape index (κ3) is 5.18. The molecule has 2 aliphatic rings. The van der Waals surface area contributed by atoms with Crippen molar-refractivity contribution in [2.24, 2.45) is 5.41 Å². The zero-order valence-corrected chi connectivity index (χ0v) is 19.1. The van der Waals surface area contributed by atoms with Gasteiger partial charge in [0.1, 0.15) is 0 Å². The number of hydrogen-bond acceptors (Lipinski definition) is 5. The summed E-state index contributed by atoms with van der Waals surface area (Å²) in [4.78, 5) is 31.6. The second kappa shape index (κ2) is 10.9. The molecule has 2 aromatic rings. The Morgan fingerprint density at radius 2 is 2.00 bits per heavy atom. The van der Waals surface area contributed by atoms with E-state index in [4.69, 9.17) is 4.74 Å². The number of pyridine rings is 1. The molecule has 1 aromatic heterocycles. The zero-order chi connectivity index (χ0) is 20.3. The Bertz CT molecular complexity index is 899. The second-order valence-corrected chi connectivity index (χ2v) is 7.71. The predicted octanol–water partition coefficient (Wildman–Crippen LogP) is 3.08. The Balaban J connectivity index is 0.00000171. The Kier molecular flexibility index (Phi) is 8.82. The summed E-state index contributed by atoms with van der Waals surface area (Å²) in [5.74, 6) is -0.0514. The summed E-state index contributed by atoms with van der Waals surface area (Å²) >= 11 is 0. The van der Waals surface area contributed by atoms with Crippen LogP contribution in [-0.2, 0) is 16.0 Å². The van der Waals surface area contributed by atoms with E-state index in [0.29, 0.717) is 18.7 Å². The van der Waals surface area contributed by atoms with E-state index in [2.05, 4.69) is 15.6 Å². The van der Waals surface area contributed by atoms with Gasteiger partial charge in [-0.05, 0) is 68.2 Å². The van der Waals surface area contributed by atoms with Crippen LogP contribution in [0.2, 0.25) is 0 Å². The van der Waals surface area contributed by atoms with Crippen molar-refractivity contribution in [2.75, 3.05) is 43.6 Å². The molecule has 2 aliphatic heterocycles. The van der Waals surface area contributed by atoms with Crippen LogP contribution in [0.4, 0.5) is 11.4 Å². The minimum Gasteiger partial charge on any atom is -0.384 e. The molecule has 2 amide bonds. The summed E-state index contributed by atoms with van der Waals surface area (Å²) in [7, 11) is 1.64. The van der Waals surface area contributed by atoms with Gasteiger partial charge in [-0.1, -0.05) is 0 Å². The maximum atomic E-state index is 13.0. The first-order chi connectivity index (χ1) is 14.1. The molecule has 3 heterocycles. The van der Waals surface area contributed by atoms with Gasteiger partial charge in [0.25, 0.3) is 5.91 Å². The summed E-state index contributed by atoms with van der Waals surface area (Å²) in [6, 6.07) is 9.30. The van der Waals surface area contributed by atoms with Gasteiger partial charge in [0, 0.05) is 37.4 Å². The van der Waals surface area contributed by atoms with Crippen molar-refractivity contribution in [2.45, 2.75) is 19.3 Å². The normalized spacial score (nSPS) is 16.5. The van der Waals surface area contributed by atoms with Crippen LogP contribution in [0, 0.1) is 5.41 Å². The number of carbonyl (C=O) groups is 2. The van der Waals surface area contributed by atoms with Crippen molar-refractivity contribution < 1.29 is 14.3 Å². The van der Waals surface area contributed by atoms with Gasteiger partial charge < -0.3 is 20.3 Å². The number of halogens is 2. The molecule has 9 heteroatoms. The van der Waals surface area contributed by atoms with Gasteiger partial charge in [-0.2, -0.15) is 0 Å². The Morgan fingerprint density at radius 1 is 1.23 bits per heavy atom. The smallest absolute Gasteiger partial charge is 0.259 e. The van der Waals surface area contributed by atoms with E-state index < -0.39 is 5.41 Å². The van der Waals surface area contributed by atoms with E-state index in [1.807, 2.05) is 18.2 Å². The number of nitrogens with one attached hydrogen (secondary N) is 2. The minimum atomic E-state index is -0.499. The highest BCUT2D eigenvalue weighted by atomic mass is 35.5. The number of ether oxygens (including phenoxy) is 1. The van der Waals surface area contributed by atoms with E-state index in [1.165, 1.54) is 0 Å². The number of nitrogens with zero attached hydrogens (tertiary/aromatic N) is 2. The summed E-state index contributed by atoms with van der Waals surface area (Å²) < 4.78 is 5.36. The number of amides is 2. The number of benzene rings is 1. The third-order valence-electron chi connectivity index (χ3n) is 5.85. The average Bonchev–Trinajstić information content (AvgIpc) is 3.18. The first-order valence-corrected chi connectivity index (χ1v) is 9.99. The SMILES string of the molecule is COCC1(C(=O)Nc2ccc3c(c2)CCN3C(=O)c2cccnc2)CCNCC1.Cl.Cl. The first kappa shape index (κ1) is 25.1. The first-order valence-electron chi connectivity index (χ1n) is 9.99. The topological polar surface area (TPSA) is 83.6 Å². The number of fused-ring (bicyclic) bond motifs is 1. The maximum absolute atomic E-state index is 13.0. The molecule has 168 valence electrons. The number of piperidine rings is 1. The molecule has 0 aliphatic carbocycles. The number of anilines is 2. The standard InChI is InChI=1S/C22H26N4O3.2ClH/c1-29-15-22(7-10-23-11-8-22)21(28)25-18-4-5-19-16(13-18)6-12-26(19)20(27)17-3-2-9-24-14-17;;/h2-5,9,13-14,23H,6-8,10-12,15H2,1H3,(H,25,28);2*1H. The molecule has 0 bridgehead atoms. The van der Waals surface area contributed by atoms with Crippen molar-refractivity contribution in [3.63, 3.8) is 0 Å². The minimum absolute atomic E-state index is 0. The van der Waals surface area contributed by atoms with Gasteiger partial charge in [-0.25, -0.2) is 0 Å². The molecule has 2 N–H and O–H groups in total. The molecule has 1 fully saturated rings. The number of rotatable bonds is 5. The molecule has 0 radical (unpaired) electrons. The van der Waals surface area contributed by atoms with Gasteiger partial charge in [-0.15, -0.1) is 24.8 Å².